The molecule has 1 aromatic heterocycles. The number of carbonyl (C=O) groups is 1. The summed E-state index contributed by atoms with van der Waals surface area (Å²) in [5, 5.41) is 5.79. The van der Waals surface area contributed by atoms with Gasteiger partial charge in [0.05, 0.1) is 7.11 Å². The van der Waals surface area contributed by atoms with Crippen LogP contribution in [0.1, 0.15) is 6.42 Å². The highest BCUT2D eigenvalue weighted by atomic mass is 16.5. The molecule has 1 aromatic rings. The Balaban J connectivity index is 2.29. The molecule has 1 aliphatic heterocycles. The van der Waals surface area contributed by atoms with Gasteiger partial charge in [-0.2, -0.15) is 0 Å². The van der Waals surface area contributed by atoms with Crippen LogP contribution in [0.15, 0.2) is 6.33 Å². The molecule has 1 saturated heterocycles. The zero-order valence-electron chi connectivity index (χ0n) is 10.6. The van der Waals surface area contributed by atoms with E-state index in [-0.39, 0.29) is 5.91 Å². The molecule has 0 unspecified atom stereocenters. The topological polar surface area (TPSA) is 79.4 Å². The van der Waals surface area contributed by atoms with E-state index in [1.54, 1.807) is 14.2 Å². The second kappa shape index (κ2) is 5.52. The molecule has 2 heterocycles. The fourth-order valence-electron chi connectivity index (χ4n) is 1.93. The molecular weight excluding hydrogens is 234 g/mol. The number of rotatable bonds is 3. The van der Waals surface area contributed by atoms with Gasteiger partial charge in [-0.3, -0.25) is 4.79 Å². The molecule has 0 atom stereocenters. The van der Waals surface area contributed by atoms with Crippen LogP contribution in [0.25, 0.3) is 0 Å². The zero-order valence-corrected chi connectivity index (χ0v) is 10.6. The van der Waals surface area contributed by atoms with Crippen LogP contribution in [0.4, 0.5) is 11.6 Å². The van der Waals surface area contributed by atoms with Crippen LogP contribution in [-0.2, 0) is 4.79 Å². The number of amides is 1. The van der Waals surface area contributed by atoms with E-state index in [1.165, 1.54) is 6.33 Å². The highest BCUT2D eigenvalue weighted by molar-refractivity contribution is 5.77. The molecule has 98 valence electrons. The summed E-state index contributed by atoms with van der Waals surface area (Å²) in [5.41, 5.74) is 0. The Morgan fingerprint density at radius 1 is 1.44 bits per heavy atom. The zero-order chi connectivity index (χ0) is 13.0. The van der Waals surface area contributed by atoms with Crippen molar-refractivity contribution in [3.8, 4) is 5.75 Å². The van der Waals surface area contributed by atoms with Gasteiger partial charge < -0.3 is 20.3 Å². The first-order chi connectivity index (χ1) is 8.76. The predicted octanol–water partition coefficient (Wildman–Crippen LogP) is -0.147. The molecule has 0 spiro atoms. The molecule has 18 heavy (non-hydrogen) atoms. The average Bonchev–Trinajstić information content (AvgIpc) is 2.62. The van der Waals surface area contributed by atoms with Crippen molar-refractivity contribution in [2.75, 3.05) is 44.0 Å². The van der Waals surface area contributed by atoms with Crippen molar-refractivity contribution in [1.29, 1.82) is 0 Å². The van der Waals surface area contributed by atoms with Crippen LogP contribution in [0, 0.1) is 0 Å². The van der Waals surface area contributed by atoms with Crippen LogP contribution < -0.4 is 20.3 Å². The van der Waals surface area contributed by atoms with Crippen LogP contribution in [-0.4, -0.2) is 49.7 Å². The number of carbonyl (C=O) groups excluding carboxylic acids is 1. The lowest BCUT2D eigenvalue weighted by Crippen LogP contribution is -2.29. The standard InChI is InChI=1S/C11H17N5O2/c1-12-10-9(18-2)11(15-7-14-10)16-5-3-8(17)13-4-6-16/h7H,3-6H2,1-2H3,(H,13,17)(H,12,14,15). The third-order valence-electron chi connectivity index (χ3n) is 2.84. The maximum atomic E-state index is 11.3. The average molecular weight is 251 g/mol. The Morgan fingerprint density at radius 2 is 2.28 bits per heavy atom. The van der Waals surface area contributed by atoms with Gasteiger partial charge >= 0.3 is 0 Å². The fraction of sp³-hybridized carbons (Fsp3) is 0.545. The minimum Gasteiger partial charge on any atom is -0.490 e. The van der Waals surface area contributed by atoms with Gasteiger partial charge in [0.1, 0.15) is 6.33 Å². The number of hydrogen-bond acceptors (Lipinski definition) is 6. The number of nitrogens with zero attached hydrogens (tertiary/aromatic N) is 3. The third kappa shape index (κ3) is 2.44. The first-order valence-corrected chi connectivity index (χ1v) is 5.84. The molecule has 2 N–H and O–H groups in total. The second-order valence-electron chi connectivity index (χ2n) is 3.92. The molecule has 0 aromatic carbocycles. The fourth-order valence-corrected chi connectivity index (χ4v) is 1.93. The smallest absolute Gasteiger partial charge is 0.221 e. The summed E-state index contributed by atoms with van der Waals surface area (Å²) in [6.45, 7) is 1.95. The maximum absolute atomic E-state index is 11.3. The Kier molecular flexibility index (Phi) is 3.81. The molecule has 1 amide bonds. The van der Waals surface area contributed by atoms with E-state index in [0.717, 1.165) is 0 Å². The van der Waals surface area contributed by atoms with Crippen LogP contribution in [0.2, 0.25) is 0 Å². The molecular formula is C11H17N5O2. The summed E-state index contributed by atoms with van der Waals surface area (Å²) in [6, 6.07) is 0. The summed E-state index contributed by atoms with van der Waals surface area (Å²) in [5.74, 6) is 2.04. The molecule has 2 rings (SSSR count). The molecule has 7 nitrogen and oxygen atoms in total. The number of anilines is 2. The van der Waals surface area contributed by atoms with Crippen molar-refractivity contribution in [1.82, 2.24) is 15.3 Å². The van der Waals surface area contributed by atoms with Crippen molar-refractivity contribution in [2.24, 2.45) is 0 Å². The van der Waals surface area contributed by atoms with Crippen molar-refractivity contribution in [3.05, 3.63) is 6.33 Å². The first kappa shape index (κ1) is 12.4. The third-order valence-corrected chi connectivity index (χ3v) is 2.84. The number of ether oxygens (including phenoxy) is 1. The quantitative estimate of drug-likeness (QED) is 0.778. The van der Waals surface area contributed by atoms with Gasteiger partial charge in [-0.15, -0.1) is 0 Å². The predicted molar refractivity (Wildman–Crippen MR) is 68.0 cm³/mol. The highest BCUT2D eigenvalue weighted by Gasteiger charge is 2.20. The van der Waals surface area contributed by atoms with Crippen LogP contribution in [0.5, 0.6) is 5.75 Å². The molecule has 0 saturated carbocycles. The molecule has 0 radical (unpaired) electrons. The summed E-state index contributed by atoms with van der Waals surface area (Å²) in [7, 11) is 3.37. The van der Waals surface area contributed by atoms with Crippen molar-refractivity contribution in [3.63, 3.8) is 0 Å². The Labute approximate surface area is 106 Å². The van der Waals surface area contributed by atoms with E-state index >= 15 is 0 Å². The van der Waals surface area contributed by atoms with Crippen molar-refractivity contribution in [2.45, 2.75) is 6.42 Å². The van der Waals surface area contributed by atoms with E-state index in [9.17, 15) is 4.79 Å². The molecule has 0 bridgehead atoms. The summed E-state index contributed by atoms with van der Waals surface area (Å²) in [4.78, 5) is 21.7. The minimum absolute atomic E-state index is 0.0689. The number of aromatic nitrogens is 2. The van der Waals surface area contributed by atoms with E-state index in [1.807, 2.05) is 4.90 Å². The first-order valence-electron chi connectivity index (χ1n) is 5.84. The normalized spacial score (nSPS) is 15.9. The molecule has 1 fully saturated rings. The molecule has 7 heteroatoms. The summed E-state index contributed by atoms with van der Waals surface area (Å²) in [6.07, 6.45) is 1.95. The largest absolute Gasteiger partial charge is 0.490 e. The Morgan fingerprint density at radius 3 is 3.00 bits per heavy atom. The van der Waals surface area contributed by atoms with Crippen molar-refractivity contribution >= 4 is 17.5 Å². The van der Waals surface area contributed by atoms with Crippen LogP contribution in [0.3, 0.4) is 0 Å². The van der Waals surface area contributed by atoms with Gasteiger partial charge in [-0.25, -0.2) is 9.97 Å². The van der Waals surface area contributed by atoms with E-state index in [2.05, 4.69) is 20.6 Å². The second-order valence-corrected chi connectivity index (χ2v) is 3.92. The SMILES string of the molecule is CNc1ncnc(N2CCNC(=O)CC2)c1OC. The van der Waals surface area contributed by atoms with Gasteiger partial charge in [-0.05, 0) is 0 Å². The monoisotopic (exact) mass is 251 g/mol. The summed E-state index contributed by atoms with van der Waals surface area (Å²) >= 11 is 0. The lowest BCUT2D eigenvalue weighted by molar-refractivity contribution is -0.120. The van der Waals surface area contributed by atoms with E-state index in [0.29, 0.717) is 43.4 Å². The Hall–Kier alpha value is -2.05. The van der Waals surface area contributed by atoms with Gasteiger partial charge in [0, 0.05) is 33.1 Å². The van der Waals surface area contributed by atoms with Gasteiger partial charge in [0.25, 0.3) is 0 Å². The van der Waals surface area contributed by atoms with Crippen LogP contribution >= 0.6 is 0 Å². The lowest BCUT2D eigenvalue weighted by Gasteiger charge is -2.23. The number of nitrogens with one attached hydrogen (secondary N) is 2. The Bertz CT molecular complexity index is 437. The highest BCUT2D eigenvalue weighted by Crippen LogP contribution is 2.31. The maximum Gasteiger partial charge on any atom is 0.221 e. The summed E-state index contributed by atoms with van der Waals surface area (Å²) < 4.78 is 5.35. The van der Waals surface area contributed by atoms with E-state index < -0.39 is 0 Å². The molecule has 0 aliphatic carbocycles. The van der Waals surface area contributed by atoms with Gasteiger partial charge in [0.15, 0.2) is 11.6 Å². The lowest BCUT2D eigenvalue weighted by atomic mass is 10.3. The number of methoxy groups -OCH3 is 1. The number of hydrogen-bond donors (Lipinski definition) is 2. The van der Waals surface area contributed by atoms with Gasteiger partial charge in [0.2, 0.25) is 11.7 Å². The van der Waals surface area contributed by atoms with Gasteiger partial charge in [-0.1, -0.05) is 0 Å². The van der Waals surface area contributed by atoms with E-state index in [4.69, 9.17) is 4.74 Å². The molecule has 1 aliphatic rings. The minimum atomic E-state index is 0.0689. The van der Waals surface area contributed by atoms with Crippen molar-refractivity contribution < 1.29 is 9.53 Å².